The molecule has 2 aliphatic carbocycles. The van der Waals surface area contributed by atoms with Crippen LogP contribution in [0.2, 0.25) is 0 Å². The standard InChI is InChI=1S/C16H26N4/c1-2-11-8-9-13(10-11)15-18-14(19-16(17)20-15)12-6-4-3-5-7-12/h11-13H,2-10H2,1H3,(H2,17,18,19,20). The maximum atomic E-state index is 5.94. The minimum atomic E-state index is 0.426. The topological polar surface area (TPSA) is 64.7 Å². The second-order valence-electron chi connectivity index (χ2n) is 6.53. The normalized spacial score (nSPS) is 27.9. The first-order valence-corrected chi connectivity index (χ1v) is 8.27. The quantitative estimate of drug-likeness (QED) is 0.910. The number of nitrogen functional groups attached to an aromatic ring is 1. The van der Waals surface area contributed by atoms with Gasteiger partial charge in [0.15, 0.2) is 0 Å². The molecule has 2 N–H and O–H groups in total. The van der Waals surface area contributed by atoms with Crippen molar-refractivity contribution in [2.45, 2.75) is 76.5 Å². The summed E-state index contributed by atoms with van der Waals surface area (Å²) in [5, 5.41) is 0. The third-order valence-corrected chi connectivity index (χ3v) is 5.14. The molecule has 0 spiro atoms. The molecule has 2 aliphatic rings. The highest BCUT2D eigenvalue weighted by Gasteiger charge is 2.28. The van der Waals surface area contributed by atoms with Crippen molar-refractivity contribution in [3.05, 3.63) is 11.6 Å². The Labute approximate surface area is 121 Å². The Kier molecular flexibility index (Phi) is 4.18. The zero-order valence-electron chi connectivity index (χ0n) is 12.5. The van der Waals surface area contributed by atoms with Crippen molar-refractivity contribution in [3.8, 4) is 0 Å². The van der Waals surface area contributed by atoms with Gasteiger partial charge in [-0.25, -0.2) is 4.98 Å². The van der Waals surface area contributed by atoms with Crippen molar-refractivity contribution < 1.29 is 0 Å². The van der Waals surface area contributed by atoms with Crippen molar-refractivity contribution in [1.29, 1.82) is 0 Å². The number of hydrogen-bond acceptors (Lipinski definition) is 4. The van der Waals surface area contributed by atoms with E-state index in [1.807, 2.05) is 0 Å². The lowest BCUT2D eigenvalue weighted by atomic mass is 9.88. The Bertz CT molecular complexity index is 454. The van der Waals surface area contributed by atoms with Crippen molar-refractivity contribution in [2.75, 3.05) is 5.73 Å². The van der Waals surface area contributed by atoms with E-state index in [2.05, 4.69) is 16.9 Å². The monoisotopic (exact) mass is 274 g/mol. The maximum absolute atomic E-state index is 5.94. The Morgan fingerprint density at radius 2 is 1.60 bits per heavy atom. The fourth-order valence-electron chi connectivity index (χ4n) is 3.83. The predicted molar refractivity (Wildman–Crippen MR) is 80.4 cm³/mol. The minimum Gasteiger partial charge on any atom is -0.368 e. The molecule has 0 saturated heterocycles. The zero-order chi connectivity index (χ0) is 13.9. The summed E-state index contributed by atoms with van der Waals surface area (Å²) >= 11 is 0. The van der Waals surface area contributed by atoms with Crippen LogP contribution in [0.15, 0.2) is 0 Å². The van der Waals surface area contributed by atoms with Gasteiger partial charge < -0.3 is 5.73 Å². The number of nitrogens with two attached hydrogens (primary N) is 1. The van der Waals surface area contributed by atoms with E-state index in [4.69, 9.17) is 10.7 Å². The van der Waals surface area contributed by atoms with Gasteiger partial charge in [-0.05, 0) is 38.0 Å². The van der Waals surface area contributed by atoms with Crippen LogP contribution in [-0.4, -0.2) is 15.0 Å². The van der Waals surface area contributed by atoms with Crippen LogP contribution in [0, 0.1) is 5.92 Å². The van der Waals surface area contributed by atoms with E-state index in [9.17, 15) is 0 Å². The lowest BCUT2D eigenvalue weighted by Crippen LogP contribution is -2.15. The van der Waals surface area contributed by atoms with Crippen LogP contribution in [0.1, 0.15) is 88.2 Å². The lowest BCUT2D eigenvalue weighted by Gasteiger charge is -2.21. The van der Waals surface area contributed by atoms with E-state index < -0.39 is 0 Å². The molecule has 0 amide bonds. The summed E-state index contributed by atoms with van der Waals surface area (Å²) in [4.78, 5) is 13.7. The molecule has 2 unspecified atom stereocenters. The molecule has 2 saturated carbocycles. The highest BCUT2D eigenvalue weighted by Crippen LogP contribution is 2.39. The molecule has 2 atom stereocenters. The maximum Gasteiger partial charge on any atom is 0.223 e. The molecule has 20 heavy (non-hydrogen) atoms. The van der Waals surface area contributed by atoms with E-state index in [0.29, 0.717) is 17.8 Å². The second kappa shape index (κ2) is 6.06. The Hall–Kier alpha value is -1.19. The first-order chi connectivity index (χ1) is 9.76. The molecule has 0 radical (unpaired) electrons. The summed E-state index contributed by atoms with van der Waals surface area (Å²) in [7, 11) is 0. The van der Waals surface area contributed by atoms with Crippen LogP contribution < -0.4 is 5.73 Å². The van der Waals surface area contributed by atoms with Gasteiger partial charge in [-0.15, -0.1) is 0 Å². The number of rotatable bonds is 3. The van der Waals surface area contributed by atoms with Crippen molar-refractivity contribution in [2.24, 2.45) is 5.92 Å². The molecule has 2 fully saturated rings. The van der Waals surface area contributed by atoms with Crippen LogP contribution >= 0.6 is 0 Å². The molecule has 3 rings (SSSR count). The van der Waals surface area contributed by atoms with Gasteiger partial charge in [0.1, 0.15) is 11.6 Å². The van der Waals surface area contributed by atoms with Crippen LogP contribution in [0.3, 0.4) is 0 Å². The number of nitrogens with zero attached hydrogens (tertiary/aromatic N) is 3. The van der Waals surface area contributed by atoms with E-state index in [1.54, 1.807) is 0 Å². The molecule has 110 valence electrons. The molecule has 1 aromatic heterocycles. The molecule has 0 aromatic carbocycles. The average Bonchev–Trinajstić information content (AvgIpc) is 2.96. The number of anilines is 1. The van der Waals surface area contributed by atoms with Gasteiger partial charge in [-0.1, -0.05) is 32.6 Å². The molecule has 1 heterocycles. The Morgan fingerprint density at radius 3 is 2.25 bits per heavy atom. The molecule has 0 bridgehead atoms. The average molecular weight is 274 g/mol. The van der Waals surface area contributed by atoms with E-state index in [-0.39, 0.29) is 0 Å². The molecular weight excluding hydrogens is 248 g/mol. The molecule has 4 nitrogen and oxygen atoms in total. The van der Waals surface area contributed by atoms with Gasteiger partial charge >= 0.3 is 0 Å². The highest BCUT2D eigenvalue weighted by atomic mass is 15.1. The first kappa shape index (κ1) is 13.8. The van der Waals surface area contributed by atoms with Crippen LogP contribution in [0.4, 0.5) is 5.95 Å². The van der Waals surface area contributed by atoms with Crippen molar-refractivity contribution in [1.82, 2.24) is 15.0 Å². The lowest BCUT2D eigenvalue weighted by molar-refractivity contribution is 0.425. The third kappa shape index (κ3) is 2.94. The smallest absolute Gasteiger partial charge is 0.223 e. The van der Waals surface area contributed by atoms with Gasteiger partial charge in [-0.2, -0.15) is 9.97 Å². The van der Waals surface area contributed by atoms with Crippen LogP contribution in [-0.2, 0) is 0 Å². The Morgan fingerprint density at radius 1 is 0.900 bits per heavy atom. The van der Waals surface area contributed by atoms with E-state index in [1.165, 1.54) is 57.8 Å². The van der Waals surface area contributed by atoms with Crippen molar-refractivity contribution in [3.63, 3.8) is 0 Å². The van der Waals surface area contributed by atoms with Crippen LogP contribution in [0.5, 0.6) is 0 Å². The number of hydrogen-bond donors (Lipinski definition) is 1. The second-order valence-corrected chi connectivity index (χ2v) is 6.53. The van der Waals surface area contributed by atoms with Gasteiger partial charge in [0.05, 0.1) is 0 Å². The summed E-state index contributed by atoms with van der Waals surface area (Å²) < 4.78 is 0. The summed E-state index contributed by atoms with van der Waals surface area (Å²) in [6, 6.07) is 0. The fraction of sp³-hybridized carbons (Fsp3) is 0.812. The Balaban J connectivity index is 1.79. The largest absolute Gasteiger partial charge is 0.368 e. The van der Waals surface area contributed by atoms with Gasteiger partial charge in [0, 0.05) is 11.8 Å². The van der Waals surface area contributed by atoms with Gasteiger partial charge in [-0.3, -0.25) is 0 Å². The number of aromatic nitrogens is 3. The summed E-state index contributed by atoms with van der Waals surface area (Å²) in [5.41, 5.74) is 5.94. The summed E-state index contributed by atoms with van der Waals surface area (Å²) in [5.74, 6) is 4.22. The fourth-order valence-corrected chi connectivity index (χ4v) is 3.83. The minimum absolute atomic E-state index is 0.426. The predicted octanol–water partition coefficient (Wildman–Crippen LogP) is 3.80. The first-order valence-electron chi connectivity index (χ1n) is 8.27. The molecule has 1 aromatic rings. The highest BCUT2D eigenvalue weighted by molar-refractivity contribution is 5.20. The van der Waals surface area contributed by atoms with Crippen LogP contribution in [0.25, 0.3) is 0 Å². The zero-order valence-corrected chi connectivity index (χ0v) is 12.5. The molecule has 0 aliphatic heterocycles. The van der Waals surface area contributed by atoms with Crippen molar-refractivity contribution >= 4 is 5.95 Å². The van der Waals surface area contributed by atoms with Gasteiger partial charge in [0.2, 0.25) is 5.95 Å². The molecular formula is C16H26N4. The third-order valence-electron chi connectivity index (χ3n) is 5.14. The summed E-state index contributed by atoms with van der Waals surface area (Å²) in [6.45, 7) is 2.28. The van der Waals surface area contributed by atoms with Gasteiger partial charge in [0.25, 0.3) is 0 Å². The van der Waals surface area contributed by atoms with E-state index in [0.717, 1.165) is 17.6 Å². The van der Waals surface area contributed by atoms with E-state index >= 15 is 0 Å². The SMILES string of the molecule is CCC1CCC(c2nc(N)nc(C3CCCCC3)n2)C1. The summed E-state index contributed by atoms with van der Waals surface area (Å²) in [6.07, 6.45) is 11.4. The molecule has 4 heteroatoms.